The first-order valence-electron chi connectivity index (χ1n) is 5.72. The van der Waals surface area contributed by atoms with Gasteiger partial charge in [-0.15, -0.1) is 12.4 Å². The van der Waals surface area contributed by atoms with Crippen LogP contribution in [0.3, 0.4) is 0 Å². The number of amides is 1. The second-order valence-corrected chi connectivity index (χ2v) is 4.06. The molecule has 5 nitrogen and oxygen atoms in total. The molecule has 0 aromatic heterocycles. The predicted molar refractivity (Wildman–Crippen MR) is 75.0 cm³/mol. The maximum Gasteiger partial charge on any atom is 0.328 e. The van der Waals surface area contributed by atoms with Crippen molar-refractivity contribution in [2.24, 2.45) is 5.73 Å². The topological polar surface area (TPSA) is 81.4 Å². The summed E-state index contributed by atoms with van der Waals surface area (Å²) in [6, 6.07) is 8.02. The van der Waals surface area contributed by atoms with Crippen LogP contribution in [0.15, 0.2) is 30.3 Å². The number of hydrogen-bond donors (Lipinski definition) is 2. The molecule has 0 spiro atoms. The quantitative estimate of drug-likeness (QED) is 0.779. The molecule has 19 heavy (non-hydrogen) atoms. The largest absolute Gasteiger partial charge is 0.467 e. The zero-order chi connectivity index (χ0) is 13.5. The molecule has 1 unspecified atom stereocenters. The third kappa shape index (κ3) is 5.72. The van der Waals surface area contributed by atoms with E-state index < -0.39 is 18.1 Å². The highest BCUT2D eigenvalue weighted by Gasteiger charge is 2.23. The molecular weight excluding hydrogens is 268 g/mol. The lowest BCUT2D eigenvalue weighted by Crippen LogP contribution is -2.48. The molecule has 1 amide bonds. The summed E-state index contributed by atoms with van der Waals surface area (Å²) in [5.41, 5.74) is 6.40. The number of nitrogens with one attached hydrogen (secondary N) is 1. The number of carbonyl (C=O) groups is 2. The number of benzene rings is 1. The lowest BCUT2D eigenvalue weighted by Gasteiger charge is -2.17. The van der Waals surface area contributed by atoms with Gasteiger partial charge in [-0.05, 0) is 12.5 Å². The molecule has 0 aliphatic rings. The third-order valence-electron chi connectivity index (χ3n) is 2.50. The van der Waals surface area contributed by atoms with Gasteiger partial charge in [0.1, 0.15) is 6.04 Å². The predicted octanol–water partition coefficient (Wildman–Crippen LogP) is 0.656. The summed E-state index contributed by atoms with van der Waals surface area (Å²) in [6.45, 7) is 1.56. The Balaban J connectivity index is 0.00000324. The van der Waals surface area contributed by atoms with Crippen LogP contribution in [0.1, 0.15) is 12.5 Å². The minimum atomic E-state index is -0.712. The Bertz CT molecular complexity index is 410. The van der Waals surface area contributed by atoms with Crippen molar-refractivity contribution >= 4 is 24.3 Å². The Morgan fingerprint density at radius 2 is 1.89 bits per heavy atom. The van der Waals surface area contributed by atoms with Gasteiger partial charge < -0.3 is 15.8 Å². The number of esters is 1. The molecule has 0 aliphatic carbocycles. The van der Waals surface area contributed by atoms with Crippen molar-refractivity contribution in [2.75, 3.05) is 7.11 Å². The van der Waals surface area contributed by atoms with Gasteiger partial charge in [-0.3, -0.25) is 4.79 Å². The summed E-state index contributed by atoms with van der Waals surface area (Å²) in [5.74, 6) is -0.853. The minimum absolute atomic E-state index is 0. The summed E-state index contributed by atoms with van der Waals surface area (Å²) in [6.07, 6.45) is 0.381. The van der Waals surface area contributed by atoms with E-state index in [-0.39, 0.29) is 18.3 Å². The normalized spacial score (nSPS) is 12.8. The number of hydrogen-bond acceptors (Lipinski definition) is 4. The maximum absolute atomic E-state index is 11.6. The Hall–Kier alpha value is -1.59. The Morgan fingerprint density at radius 1 is 1.32 bits per heavy atom. The van der Waals surface area contributed by atoms with Gasteiger partial charge in [0.15, 0.2) is 0 Å². The lowest BCUT2D eigenvalue weighted by molar-refractivity contribution is -0.145. The Kier molecular flexibility index (Phi) is 7.79. The molecule has 1 aromatic rings. The monoisotopic (exact) mass is 286 g/mol. The second kappa shape index (κ2) is 8.50. The van der Waals surface area contributed by atoms with E-state index in [1.165, 1.54) is 7.11 Å². The highest BCUT2D eigenvalue weighted by Crippen LogP contribution is 2.04. The lowest BCUT2D eigenvalue weighted by atomic mass is 10.1. The first kappa shape index (κ1) is 17.4. The molecule has 0 heterocycles. The van der Waals surface area contributed by atoms with Crippen LogP contribution in [-0.2, 0) is 20.7 Å². The van der Waals surface area contributed by atoms with Crippen molar-refractivity contribution in [1.29, 1.82) is 0 Å². The van der Waals surface area contributed by atoms with Crippen molar-refractivity contribution in [3.63, 3.8) is 0 Å². The van der Waals surface area contributed by atoms with E-state index in [0.717, 1.165) is 5.56 Å². The number of carbonyl (C=O) groups excluding carboxylic acids is 2. The highest BCUT2D eigenvalue weighted by molar-refractivity contribution is 5.87. The third-order valence-corrected chi connectivity index (χ3v) is 2.50. The van der Waals surface area contributed by atoms with Crippen molar-refractivity contribution in [3.05, 3.63) is 35.9 Å². The molecule has 0 aliphatic heterocycles. The maximum atomic E-state index is 11.6. The van der Waals surface area contributed by atoms with Gasteiger partial charge in [0.2, 0.25) is 5.91 Å². The van der Waals surface area contributed by atoms with Crippen LogP contribution in [0.2, 0.25) is 0 Å². The van der Waals surface area contributed by atoms with Crippen LogP contribution in [0.25, 0.3) is 0 Å². The van der Waals surface area contributed by atoms with Gasteiger partial charge in [-0.25, -0.2) is 4.79 Å². The van der Waals surface area contributed by atoms with E-state index in [0.29, 0.717) is 6.42 Å². The van der Waals surface area contributed by atoms with E-state index in [9.17, 15) is 9.59 Å². The van der Waals surface area contributed by atoms with Gasteiger partial charge in [-0.1, -0.05) is 30.3 Å². The van der Waals surface area contributed by atoms with Crippen molar-refractivity contribution in [1.82, 2.24) is 5.32 Å². The van der Waals surface area contributed by atoms with Gasteiger partial charge in [-0.2, -0.15) is 0 Å². The zero-order valence-electron chi connectivity index (χ0n) is 11.0. The van der Waals surface area contributed by atoms with E-state index in [2.05, 4.69) is 10.1 Å². The van der Waals surface area contributed by atoms with Gasteiger partial charge in [0.25, 0.3) is 0 Å². The van der Waals surface area contributed by atoms with Crippen molar-refractivity contribution in [3.8, 4) is 0 Å². The molecule has 0 saturated carbocycles. The Labute approximate surface area is 118 Å². The first-order valence-corrected chi connectivity index (χ1v) is 5.72. The summed E-state index contributed by atoms with van der Waals surface area (Å²) in [5, 5.41) is 2.58. The molecule has 6 heteroatoms. The van der Waals surface area contributed by atoms with Gasteiger partial charge in [0.05, 0.1) is 13.2 Å². The molecular formula is C13H19ClN2O3. The standard InChI is InChI=1S/C13H18N2O3.ClH/c1-9(14)12(16)15-11(13(17)18-2)8-10-6-4-3-5-7-10;/h3-7,9,11H,8,14H2,1-2H3,(H,15,16);1H/t9-,11?;/m1./s1. The molecule has 1 rings (SSSR count). The molecule has 0 bridgehead atoms. The number of ether oxygens (including phenoxy) is 1. The SMILES string of the molecule is COC(=O)C(Cc1ccccc1)NC(=O)[C@@H](C)N.Cl. The van der Waals surface area contributed by atoms with Crippen LogP contribution in [0.5, 0.6) is 0 Å². The van der Waals surface area contributed by atoms with Crippen molar-refractivity contribution in [2.45, 2.75) is 25.4 Å². The van der Waals surface area contributed by atoms with E-state index >= 15 is 0 Å². The molecule has 0 radical (unpaired) electrons. The molecule has 106 valence electrons. The number of methoxy groups -OCH3 is 1. The van der Waals surface area contributed by atoms with E-state index in [1.54, 1.807) is 6.92 Å². The second-order valence-electron chi connectivity index (χ2n) is 4.06. The summed E-state index contributed by atoms with van der Waals surface area (Å²) in [4.78, 5) is 23.1. The summed E-state index contributed by atoms with van der Waals surface area (Å²) < 4.78 is 4.67. The van der Waals surface area contributed by atoms with Crippen molar-refractivity contribution < 1.29 is 14.3 Å². The number of halogens is 1. The van der Waals surface area contributed by atoms with Crippen LogP contribution in [0, 0.1) is 0 Å². The smallest absolute Gasteiger partial charge is 0.328 e. The summed E-state index contributed by atoms with van der Waals surface area (Å²) >= 11 is 0. The Morgan fingerprint density at radius 3 is 2.37 bits per heavy atom. The van der Waals surface area contributed by atoms with Crippen LogP contribution < -0.4 is 11.1 Å². The van der Waals surface area contributed by atoms with Crippen LogP contribution in [-0.4, -0.2) is 31.1 Å². The fraction of sp³-hybridized carbons (Fsp3) is 0.385. The van der Waals surface area contributed by atoms with Gasteiger partial charge in [0, 0.05) is 6.42 Å². The minimum Gasteiger partial charge on any atom is -0.467 e. The fourth-order valence-electron chi connectivity index (χ4n) is 1.49. The average molecular weight is 287 g/mol. The van der Waals surface area contributed by atoms with Gasteiger partial charge >= 0.3 is 5.97 Å². The average Bonchev–Trinajstić information content (AvgIpc) is 2.38. The molecule has 0 saturated heterocycles. The van der Waals surface area contributed by atoms with Crippen LogP contribution >= 0.6 is 12.4 Å². The molecule has 2 atom stereocenters. The van der Waals surface area contributed by atoms with Crippen LogP contribution in [0.4, 0.5) is 0 Å². The highest BCUT2D eigenvalue weighted by atomic mass is 35.5. The number of nitrogens with two attached hydrogens (primary N) is 1. The fourth-order valence-corrected chi connectivity index (χ4v) is 1.49. The first-order chi connectivity index (χ1) is 8.54. The van der Waals surface area contributed by atoms with E-state index in [4.69, 9.17) is 5.73 Å². The molecule has 3 N–H and O–H groups in total. The number of rotatable bonds is 5. The summed E-state index contributed by atoms with van der Waals surface area (Å²) in [7, 11) is 1.29. The molecule has 0 fully saturated rings. The zero-order valence-corrected chi connectivity index (χ0v) is 11.8. The molecule has 1 aromatic carbocycles. The van der Waals surface area contributed by atoms with E-state index in [1.807, 2.05) is 30.3 Å².